The molecule has 0 aliphatic heterocycles. The molecule has 0 amide bonds. The standard InChI is InChI=1S/C17H13F3N2O3/c1-24-14-7-12-13(8-15(14)25-2)21-9-22(16(12)23)11-5-3-4-10(6-11)17(18,19)20/h3-9H,1-2H3. The molecule has 0 N–H and O–H groups in total. The first kappa shape index (κ1) is 16.8. The third kappa shape index (κ3) is 3.02. The van der Waals surface area contributed by atoms with E-state index in [0.29, 0.717) is 17.0 Å². The summed E-state index contributed by atoms with van der Waals surface area (Å²) in [6.07, 6.45) is -3.31. The number of hydrogen-bond acceptors (Lipinski definition) is 4. The van der Waals surface area contributed by atoms with Crippen LogP contribution >= 0.6 is 0 Å². The van der Waals surface area contributed by atoms with E-state index >= 15 is 0 Å². The largest absolute Gasteiger partial charge is 0.493 e. The zero-order chi connectivity index (χ0) is 18.2. The Hall–Kier alpha value is -3.03. The highest BCUT2D eigenvalue weighted by Crippen LogP contribution is 2.31. The Kier molecular flexibility index (Phi) is 4.12. The summed E-state index contributed by atoms with van der Waals surface area (Å²) in [5.41, 5.74) is -0.926. The molecule has 1 heterocycles. The lowest BCUT2D eigenvalue weighted by molar-refractivity contribution is -0.137. The van der Waals surface area contributed by atoms with Crippen molar-refractivity contribution < 1.29 is 22.6 Å². The highest BCUT2D eigenvalue weighted by atomic mass is 19.4. The minimum Gasteiger partial charge on any atom is -0.493 e. The van der Waals surface area contributed by atoms with Crippen LogP contribution in [0.15, 0.2) is 47.5 Å². The number of aromatic nitrogens is 2. The Morgan fingerprint density at radius 3 is 2.36 bits per heavy atom. The maximum atomic E-state index is 12.9. The highest BCUT2D eigenvalue weighted by Gasteiger charge is 2.30. The maximum absolute atomic E-state index is 12.9. The molecule has 0 unspecified atom stereocenters. The minimum atomic E-state index is -4.50. The van der Waals surface area contributed by atoms with Gasteiger partial charge in [-0.3, -0.25) is 9.36 Å². The zero-order valence-corrected chi connectivity index (χ0v) is 13.3. The number of benzene rings is 2. The van der Waals surface area contributed by atoms with Crippen LogP contribution in [0, 0.1) is 0 Å². The summed E-state index contributed by atoms with van der Waals surface area (Å²) in [5, 5.41) is 0.206. The number of ether oxygens (including phenoxy) is 2. The van der Waals surface area contributed by atoms with Crippen LogP contribution in [0.4, 0.5) is 13.2 Å². The van der Waals surface area contributed by atoms with E-state index in [1.54, 1.807) is 0 Å². The molecule has 0 aliphatic carbocycles. The van der Waals surface area contributed by atoms with Gasteiger partial charge in [-0.25, -0.2) is 4.98 Å². The topological polar surface area (TPSA) is 53.4 Å². The van der Waals surface area contributed by atoms with Crippen molar-refractivity contribution in [3.63, 3.8) is 0 Å². The van der Waals surface area contributed by atoms with E-state index in [-0.39, 0.29) is 11.1 Å². The number of hydrogen-bond donors (Lipinski definition) is 0. The van der Waals surface area contributed by atoms with Crippen molar-refractivity contribution in [2.45, 2.75) is 6.18 Å². The average molecular weight is 350 g/mol. The summed E-state index contributed by atoms with van der Waals surface area (Å²) >= 11 is 0. The molecule has 5 nitrogen and oxygen atoms in total. The first-order chi connectivity index (χ1) is 11.8. The van der Waals surface area contributed by atoms with Crippen LogP contribution in [0.1, 0.15) is 5.56 Å². The van der Waals surface area contributed by atoms with E-state index in [1.165, 1.54) is 44.8 Å². The molecule has 0 aliphatic rings. The SMILES string of the molecule is COc1cc2ncn(-c3cccc(C(F)(F)F)c3)c(=O)c2cc1OC. The number of fused-ring (bicyclic) bond motifs is 1. The van der Waals surface area contributed by atoms with Crippen LogP contribution in [0.25, 0.3) is 16.6 Å². The molecule has 2 aromatic carbocycles. The van der Waals surface area contributed by atoms with Crippen molar-refractivity contribution in [2.75, 3.05) is 14.2 Å². The summed E-state index contributed by atoms with van der Waals surface area (Å²) in [6, 6.07) is 7.47. The molecule has 0 radical (unpaired) electrons. The lowest BCUT2D eigenvalue weighted by Crippen LogP contribution is -2.19. The van der Waals surface area contributed by atoms with Crippen molar-refractivity contribution >= 4 is 10.9 Å². The Balaban J connectivity index is 2.22. The van der Waals surface area contributed by atoms with E-state index < -0.39 is 17.3 Å². The van der Waals surface area contributed by atoms with Gasteiger partial charge >= 0.3 is 6.18 Å². The second-order valence-corrected chi connectivity index (χ2v) is 5.19. The monoisotopic (exact) mass is 350 g/mol. The van der Waals surface area contributed by atoms with Crippen molar-refractivity contribution in [3.05, 3.63) is 58.6 Å². The summed E-state index contributed by atoms with van der Waals surface area (Å²) < 4.78 is 50.0. The molecule has 0 atom stereocenters. The highest BCUT2D eigenvalue weighted by molar-refractivity contribution is 5.82. The van der Waals surface area contributed by atoms with Crippen LogP contribution in [-0.2, 0) is 6.18 Å². The second-order valence-electron chi connectivity index (χ2n) is 5.19. The van der Waals surface area contributed by atoms with Crippen molar-refractivity contribution in [1.29, 1.82) is 0 Å². The van der Waals surface area contributed by atoms with Gasteiger partial charge in [0.2, 0.25) is 0 Å². The fourth-order valence-electron chi connectivity index (χ4n) is 2.46. The molecular weight excluding hydrogens is 337 g/mol. The molecule has 0 spiro atoms. The normalized spacial score (nSPS) is 11.6. The first-order valence-corrected chi connectivity index (χ1v) is 7.16. The van der Waals surface area contributed by atoms with Gasteiger partial charge in [-0.15, -0.1) is 0 Å². The van der Waals surface area contributed by atoms with Crippen LogP contribution in [-0.4, -0.2) is 23.8 Å². The molecule has 0 saturated heterocycles. The molecule has 0 bridgehead atoms. The lowest BCUT2D eigenvalue weighted by Gasteiger charge is -2.12. The van der Waals surface area contributed by atoms with Gasteiger partial charge in [0.15, 0.2) is 11.5 Å². The first-order valence-electron chi connectivity index (χ1n) is 7.16. The zero-order valence-electron chi connectivity index (χ0n) is 13.3. The van der Waals surface area contributed by atoms with Crippen LogP contribution in [0.2, 0.25) is 0 Å². The van der Waals surface area contributed by atoms with E-state index in [4.69, 9.17) is 9.47 Å². The Morgan fingerprint density at radius 1 is 1.04 bits per heavy atom. The van der Waals surface area contributed by atoms with E-state index in [2.05, 4.69) is 4.98 Å². The van der Waals surface area contributed by atoms with Gasteiger partial charge in [0.25, 0.3) is 5.56 Å². The predicted octanol–water partition coefficient (Wildman–Crippen LogP) is 3.42. The van der Waals surface area contributed by atoms with Crippen molar-refractivity contribution in [3.8, 4) is 17.2 Å². The smallest absolute Gasteiger partial charge is 0.416 e. The van der Waals surface area contributed by atoms with Gasteiger partial charge in [-0.2, -0.15) is 13.2 Å². The lowest BCUT2D eigenvalue weighted by atomic mass is 10.2. The number of alkyl halides is 3. The third-order valence-electron chi connectivity index (χ3n) is 3.72. The molecule has 1 aromatic heterocycles. The van der Waals surface area contributed by atoms with E-state index in [9.17, 15) is 18.0 Å². The van der Waals surface area contributed by atoms with Gasteiger partial charge in [0.05, 0.1) is 36.4 Å². The Bertz CT molecular complexity index is 997. The second kappa shape index (κ2) is 6.12. The molecule has 130 valence electrons. The molecule has 8 heteroatoms. The van der Waals surface area contributed by atoms with E-state index in [1.807, 2.05) is 0 Å². The molecule has 25 heavy (non-hydrogen) atoms. The van der Waals surface area contributed by atoms with Crippen LogP contribution in [0.5, 0.6) is 11.5 Å². The van der Waals surface area contributed by atoms with Gasteiger partial charge in [0.1, 0.15) is 6.33 Å². The quantitative estimate of drug-likeness (QED) is 0.726. The molecule has 3 rings (SSSR count). The van der Waals surface area contributed by atoms with Gasteiger partial charge in [0, 0.05) is 6.07 Å². The summed E-state index contributed by atoms with van der Waals surface area (Å²) in [6.45, 7) is 0. The van der Waals surface area contributed by atoms with Crippen molar-refractivity contribution in [2.24, 2.45) is 0 Å². The molecule has 3 aromatic rings. The summed E-state index contributed by atoms with van der Waals surface area (Å²) in [4.78, 5) is 16.8. The van der Waals surface area contributed by atoms with Crippen molar-refractivity contribution in [1.82, 2.24) is 9.55 Å². The fourth-order valence-corrected chi connectivity index (χ4v) is 2.46. The summed E-state index contributed by atoms with van der Waals surface area (Å²) in [7, 11) is 2.87. The molecule has 0 fully saturated rings. The number of nitrogens with zero attached hydrogens (tertiary/aromatic N) is 2. The van der Waals surface area contributed by atoms with Gasteiger partial charge < -0.3 is 9.47 Å². The number of methoxy groups -OCH3 is 2. The average Bonchev–Trinajstić information content (AvgIpc) is 2.60. The third-order valence-corrected chi connectivity index (χ3v) is 3.72. The van der Waals surface area contributed by atoms with Gasteiger partial charge in [-0.05, 0) is 24.3 Å². The number of halogens is 3. The summed E-state index contributed by atoms with van der Waals surface area (Å²) in [5.74, 6) is 0.731. The van der Waals surface area contributed by atoms with E-state index in [0.717, 1.165) is 16.7 Å². The minimum absolute atomic E-state index is 0.0732. The maximum Gasteiger partial charge on any atom is 0.416 e. The molecular formula is C17H13F3N2O3. The van der Waals surface area contributed by atoms with Crippen LogP contribution < -0.4 is 15.0 Å². The van der Waals surface area contributed by atoms with Crippen LogP contribution in [0.3, 0.4) is 0 Å². The van der Waals surface area contributed by atoms with Gasteiger partial charge in [-0.1, -0.05) is 6.07 Å². The Morgan fingerprint density at radius 2 is 1.72 bits per heavy atom. The fraction of sp³-hybridized carbons (Fsp3) is 0.176. The predicted molar refractivity (Wildman–Crippen MR) is 85.4 cm³/mol. The number of rotatable bonds is 3. The molecule has 0 saturated carbocycles. The Labute approximate surface area is 140 Å².